The van der Waals surface area contributed by atoms with Crippen LogP contribution in [0.4, 0.5) is 5.95 Å². The van der Waals surface area contributed by atoms with Crippen LogP contribution in [0.15, 0.2) is 70.2 Å². The minimum atomic E-state index is -3.82. The lowest BCUT2D eigenvalue weighted by molar-refractivity contribution is -0.117. The third-order valence-electron chi connectivity index (χ3n) is 5.37. The van der Waals surface area contributed by atoms with Gasteiger partial charge in [0.25, 0.3) is 11.8 Å². The van der Waals surface area contributed by atoms with E-state index in [1.165, 1.54) is 28.7 Å². The second-order valence-electron chi connectivity index (χ2n) is 8.38. The molecule has 9 nitrogen and oxygen atoms in total. The van der Waals surface area contributed by atoms with Crippen molar-refractivity contribution in [2.75, 3.05) is 4.72 Å². The van der Waals surface area contributed by atoms with Gasteiger partial charge < -0.3 is 10.6 Å². The number of hydrogen-bond acceptors (Lipinski definition) is 8. The average Bonchev–Trinajstić information content (AvgIpc) is 3.53. The summed E-state index contributed by atoms with van der Waals surface area (Å²) in [5.74, 6) is -0.875. The molecule has 2 amide bonds. The van der Waals surface area contributed by atoms with Gasteiger partial charge in [-0.2, -0.15) is 0 Å². The predicted molar refractivity (Wildman–Crippen MR) is 147 cm³/mol. The van der Waals surface area contributed by atoms with Crippen molar-refractivity contribution in [3.63, 3.8) is 0 Å². The number of rotatable bonds is 8. The first kappa shape index (κ1) is 26.5. The fourth-order valence-corrected chi connectivity index (χ4v) is 6.15. The number of nitrogens with zero attached hydrogens (tertiary/aromatic N) is 2. The fraction of sp³-hybridized carbons (Fsp3) is 0.200. The van der Waals surface area contributed by atoms with Gasteiger partial charge >= 0.3 is 0 Å². The summed E-state index contributed by atoms with van der Waals surface area (Å²) in [7, 11) is -3.82. The molecule has 0 saturated heterocycles. The molecule has 1 unspecified atom stereocenters. The van der Waals surface area contributed by atoms with Crippen LogP contribution in [0, 0.1) is 13.8 Å². The van der Waals surface area contributed by atoms with Gasteiger partial charge in [-0.25, -0.2) is 18.4 Å². The largest absolute Gasteiger partial charge is 0.321 e. The minimum absolute atomic E-state index is 0.0245. The van der Waals surface area contributed by atoms with E-state index in [1.54, 1.807) is 56.5 Å². The molecule has 1 aliphatic rings. The van der Waals surface area contributed by atoms with Crippen molar-refractivity contribution in [3.8, 4) is 0 Å². The maximum Gasteiger partial charge on any atom is 0.272 e. The van der Waals surface area contributed by atoms with Gasteiger partial charge in [0.15, 0.2) is 0 Å². The Balaban J connectivity index is 1.48. The highest BCUT2D eigenvalue weighted by molar-refractivity contribution is 7.93. The zero-order valence-corrected chi connectivity index (χ0v) is 22.8. The van der Waals surface area contributed by atoms with Gasteiger partial charge in [-0.3, -0.25) is 14.3 Å². The monoisotopic (exact) mass is 555 g/mol. The van der Waals surface area contributed by atoms with Crippen molar-refractivity contribution in [1.82, 2.24) is 20.6 Å². The first-order chi connectivity index (χ1) is 17.6. The SMILES string of the molecule is CC1=C(NC(=O)/C(=C\c2cccs2)NC(=O)c2cccs2)C=CC(S(=O)(=O)Nc2nc(C)cc(C)n2)C1. The summed E-state index contributed by atoms with van der Waals surface area (Å²) in [5.41, 5.74) is 2.54. The van der Waals surface area contributed by atoms with Crippen LogP contribution in [-0.4, -0.2) is 35.5 Å². The Morgan fingerprint density at radius 1 is 1.05 bits per heavy atom. The van der Waals surface area contributed by atoms with Crippen LogP contribution in [0.25, 0.3) is 6.08 Å². The number of carbonyl (C=O) groups is 2. The maximum atomic E-state index is 13.2. The number of aromatic nitrogens is 2. The van der Waals surface area contributed by atoms with Crippen molar-refractivity contribution in [2.24, 2.45) is 0 Å². The number of sulfonamides is 1. The van der Waals surface area contributed by atoms with E-state index in [1.807, 2.05) is 17.5 Å². The minimum Gasteiger partial charge on any atom is -0.321 e. The summed E-state index contributed by atoms with van der Waals surface area (Å²) in [6.45, 7) is 5.28. The number of carbonyl (C=O) groups excluding carboxylic acids is 2. The molecule has 3 aromatic rings. The van der Waals surface area contributed by atoms with Crippen LogP contribution in [-0.2, 0) is 14.8 Å². The van der Waals surface area contributed by atoms with Gasteiger partial charge in [-0.1, -0.05) is 18.2 Å². The van der Waals surface area contributed by atoms with Gasteiger partial charge in [0.2, 0.25) is 16.0 Å². The molecule has 4 rings (SSSR count). The van der Waals surface area contributed by atoms with Gasteiger partial charge in [0, 0.05) is 22.0 Å². The van der Waals surface area contributed by atoms with Crippen LogP contribution >= 0.6 is 22.7 Å². The molecule has 0 saturated carbocycles. The predicted octanol–water partition coefficient (Wildman–Crippen LogP) is 4.15. The molecule has 3 N–H and O–H groups in total. The molecular formula is C25H25N5O4S3. The number of nitrogens with one attached hydrogen (secondary N) is 3. The molecule has 3 aromatic heterocycles. The molecule has 12 heteroatoms. The lowest BCUT2D eigenvalue weighted by Crippen LogP contribution is -2.36. The summed E-state index contributed by atoms with van der Waals surface area (Å²) < 4.78 is 28.4. The molecule has 0 fully saturated rings. The van der Waals surface area contributed by atoms with E-state index in [4.69, 9.17) is 0 Å². The summed E-state index contributed by atoms with van der Waals surface area (Å²) in [5, 5.41) is 8.29. The van der Waals surface area contributed by atoms with Gasteiger partial charge in [-0.05, 0) is 73.9 Å². The highest BCUT2D eigenvalue weighted by atomic mass is 32.2. The van der Waals surface area contributed by atoms with E-state index in [0.717, 1.165) is 4.88 Å². The molecule has 0 aromatic carbocycles. The number of aryl methyl sites for hydroxylation is 2. The highest BCUT2D eigenvalue weighted by Crippen LogP contribution is 2.24. The summed E-state index contributed by atoms with van der Waals surface area (Å²) in [6.07, 6.45) is 4.85. The third kappa shape index (κ3) is 6.79. The number of anilines is 1. The standard InChI is InChI=1S/C25H25N5O4S3/c1-15-12-19(37(33,34)30-25-26-16(2)13-17(3)27-25)8-9-20(15)28-23(31)21(14-18-6-4-10-35-18)29-24(32)22-7-5-11-36-22/h4-11,13-14,19H,12H2,1-3H3,(H,28,31)(H,29,32)(H,26,27,30)/b21-14+. The number of thiophene rings is 2. The van der Waals surface area contributed by atoms with Gasteiger partial charge in [-0.15, -0.1) is 22.7 Å². The Bertz CT molecular complexity index is 1490. The molecule has 0 aliphatic heterocycles. The Kier molecular flexibility index (Phi) is 8.00. The topological polar surface area (TPSA) is 130 Å². The number of hydrogen-bond donors (Lipinski definition) is 3. The van der Waals surface area contributed by atoms with E-state index in [9.17, 15) is 18.0 Å². The molecule has 0 bridgehead atoms. The molecular weight excluding hydrogens is 531 g/mol. The zero-order chi connectivity index (χ0) is 26.6. The van der Waals surface area contributed by atoms with E-state index in [0.29, 0.717) is 27.5 Å². The molecule has 0 radical (unpaired) electrons. The average molecular weight is 556 g/mol. The van der Waals surface area contributed by atoms with Gasteiger partial charge in [0.05, 0.1) is 4.88 Å². The van der Waals surface area contributed by atoms with Crippen molar-refractivity contribution < 1.29 is 18.0 Å². The Morgan fingerprint density at radius 3 is 2.38 bits per heavy atom. The van der Waals surface area contributed by atoms with Crippen LogP contribution in [0.1, 0.15) is 39.3 Å². The van der Waals surface area contributed by atoms with Crippen LogP contribution < -0.4 is 15.4 Å². The van der Waals surface area contributed by atoms with Crippen molar-refractivity contribution >= 4 is 56.5 Å². The Morgan fingerprint density at radius 2 is 1.76 bits per heavy atom. The normalized spacial score (nSPS) is 16.0. The van der Waals surface area contributed by atoms with Crippen LogP contribution in [0.5, 0.6) is 0 Å². The first-order valence-electron chi connectivity index (χ1n) is 11.2. The van der Waals surface area contributed by atoms with Crippen molar-refractivity contribution in [3.05, 3.63) is 91.4 Å². The van der Waals surface area contributed by atoms with E-state index >= 15 is 0 Å². The van der Waals surface area contributed by atoms with E-state index in [-0.39, 0.29) is 24.0 Å². The first-order valence-corrected chi connectivity index (χ1v) is 14.5. The van der Waals surface area contributed by atoms with E-state index in [2.05, 4.69) is 25.3 Å². The highest BCUT2D eigenvalue weighted by Gasteiger charge is 2.28. The molecule has 0 spiro atoms. The summed E-state index contributed by atoms with van der Waals surface area (Å²) in [4.78, 5) is 35.4. The summed E-state index contributed by atoms with van der Waals surface area (Å²) in [6, 6.07) is 8.87. The Labute approximate surface area is 223 Å². The smallest absolute Gasteiger partial charge is 0.272 e. The second kappa shape index (κ2) is 11.2. The number of amides is 2. The zero-order valence-electron chi connectivity index (χ0n) is 20.3. The number of allylic oxidation sites excluding steroid dienone is 2. The third-order valence-corrected chi connectivity index (χ3v) is 8.65. The Hall–Kier alpha value is -3.61. The lowest BCUT2D eigenvalue weighted by Gasteiger charge is -2.22. The van der Waals surface area contributed by atoms with Crippen LogP contribution in [0.3, 0.4) is 0 Å². The second-order valence-corrected chi connectivity index (χ2v) is 12.2. The summed E-state index contributed by atoms with van der Waals surface area (Å²) >= 11 is 2.70. The van der Waals surface area contributed by atoms with Crippen molar-refractivity contribution in [2.45, 2.75) is 32.4 Å². The lowest BCUT2D eigenvalue weighted by atomic mass is 10.0. The molecule has 192 valence electrons. The molecule has 1 aliphatic carbocycles. The fourth-order valence-electron chi connectivity index (χ4n) is 3.62. The van der Waals surface area contributed by atoms with Crippen LogP contribution in [0.2, 0.25) is 0 Å². The van der Waals surface area contributed by atoms with Gasteiger partial charge in [0.1, 0.15) is 10.9 Å². The molecule has 1 atom stereocenters. The molecule has 37 heavy (non-hydrogen) atoms. The molecule has 3 heterocycles. The van der Waals surface area contributed by atoms with E-state index < -0.39 is 21.2 Å². The van der Waals surface area contributed by atoms with Crippen molar-refractivity contribution in [1.29, 1.82) is 0 Å². The quantitative estimate of drug-likeness (QED) is 0.358. The maximum absolute atomic E-state index is 13.2.